The number of ether oxygens (including phenoxy) is 1. The number of nitrogens with one attached hydrogen (secondary N) is 1. The number of carbonyl (C=O) groups is 3. The van der Waals surface area contributed by atoms with Crippen LogP contribution in [-0.2, 0) is 16.0 Å². The van der Waals surface area contributed by atoms with E-state index in [0.717, 1.165) is 11.3 Å². The number of benzene rings is 2. The number of hydrogen-bond donors (Lipinski definition) is 1. The van der Waals surface area contributed by atoms with E-state index in [9.17, 15) is 14.4 Å². The summed E-state index contributed by atoms with van der Waals surface area (Å²) in [7, 11) is 1.60. The van der Waals surface area contributed by atoms with Crippen LogP contribution in [0.4, 0.5) is 0 Å². The van der Waals surface area contributed by atoms with Crippen LogP contribution in [0.25, 0.3) is 0 Å². The summed E-state index contributed by atoms with van der Waals surface area (Å²) in [6.45, 7) is 0.980. The van der Waals surface area contributed by atoms with Gasteiger partial charge in [-0.05, 0) is 29.8 Å². The van der Waals surface area contributed by atoms with Gasteiger partial charge in [-0.15, -0.1) is 0 Å². The van der Waals surface area contributed by atoms with E-state index >= 15 is 0 Å². The van der Waals surface area contributed by atoms with Crippen molar-refractivity contribution in [2.75, 3.05) is 26.7 Å². The summed E-state index contributed by atoms with van der Waals surface area (Å²) in [5, 5.41) is 2.84. The summed E-state index contributed by atoms with van der Waals surface area (Å²) in [4.78, 5) is 41.6. The van der Waals surface area contributed by atoms with Crippen molar-refractivity contribution in [2.45, 2.75) is 18.5 Å². The van der Waals surface area contributed by atoms with Crippen LogP contribution in [0.5, 0.6) is 5.75 Å². The van der Waals surface area contributed by atoms with Gasteiger partial charge in [0.1, 0.15) is 17.8 Å². The Bertz CT molecular complexity index is 913. The molecule has 4 rings (SSSR count). The minimum atomic E-state index is -0.643. The first kappa shape index (κ1) is 19.0. The van der Waals surface area contributed by atoms with E-state index in [1.807, 2.05) is 42.5 Å². The third-order valence-corrected chi connectivity index (χ3v) is 5.49. The maximum atomic E-state index is 13.0. The number of fused-ring (bicyclic) bond motifs is 1. The fourth-order valence-electron chi connectivity index (χ4n) is 3.88. The maximum absolute atomic E-state index is 13.0. The predicted octanol–water partition coefficient (Wildman–Crippen LogP) is 1.09. The Kier molecular flexibility index (Phi) is 5.20. The first-order valence-electron chi connectivity index (χ1n) is 9.65. The quantitative estimate of drug-likeness (QED) is 0.844. The van der Waals surface area contributed by atoms with Gasteiger partial charge < -0.3 is 19.9 Å². The molecule has 2 aromatic rings. The molecule has 150 valence electrons. The minimum Gasteiger partial charge on any atom is -0.497 e. The van der Waals surface area contributed by atoms with Crippen molar-refractivity contribution in [1.29, 1.82) is 0 Å². The van der Waals surface area contributed by atoms with Crippen molar-refractivity contribution >= 4 is 17.7 Å². The average molecular weight is 393 g/mol. The van der Waals surface area contributed by atoms with Gasteiger partial charge in [-0.1, -0.05) is 30.3 Å². The number of amides is 3. The molecule has 0 saturated carbocycles. The van der Waals surface area contributed by atoms with Crippen LogP contribution in [-0.4, -0.2) is 66.3 Å². The largest absolute Gasteiger partial charge is 0.497 e. The van der Waals surface area contributed by atoms with E-state index in [0.29, 0.717) is 25.1 Å². The van der Waals surface area contributed by atoms with Gasteiger partial charge in [0, 0.05) is 25.1 Å². The van der Waals surface area contributed by atoms with Crippen molar-refractivity contribution in [3.63, 3.8) is 0 Å². The summed E-state index contributed by atoms with van der Waals surface area (Å²) in [6, 6.07) is 15.2. The monoisotopic (exact) mass is 393 g/mol. The Morgan fingerprint density at radius 3 is 2.48 bits per heavy atom. The molecule has 2 atom stereocenters. The smallest absolute Gasteiger partial charge is 0.253 e. The molecule has 0 aromatic heterocycles. The zero-order chi connectivity index (χ0) is 20.4. The molecule has 2 unspecified atom stereocenters. The van der Waals surface area contributed by atoms with Gasteiger partial charge in [-0.25, -0.2) is 0 Å². The van der Waals surface area contributed by atoms with E-state index in [1.165, 1.54) is 0 Å². The number of piperazine rings is 2. The number of rotatable bonds is 4. The van der Waals surface area contributed by atoms with Gasteiger partial charge in [-0.3, -0.25) is 14.4 Å². The molecule has 7 heteroatoms. The molecule has 2 aliphatic heterocycles. The van der Waals surface area contributed by atoms with Gasteiger partial charge in [0.25, 0.3) is 5.91 Å². The van der Waals surface area contributed by atoms with Gasteiger partial charge in [-0.2, -0.15) is 0 Å². The van der Waals surface area contributed by atoms with Crippen LogP contribution in [0.2, 0.25) is 0 Å². The van der Waals surface area contributed by atoms with Crippen LogP contribution >= 0.6 is 0 Å². The molecule has 0 spiro atoms. The lowest BCUT2D eigenvalue weighted by atomic mass is 9.98. The fourth-order valence-corrected chi connectivity index (χ4v) is 3.88. The highest BCUT2D eigenvalue weighted by Gasteiger charge is 2.44. The van der Waals surface area contributed by atoms with Gasteiger partial charge >= 0.3 is 0 Å². The Hall–Kier alpha value is -3.35. The summed E-state index contributed by atoms with van der Waals surface area (Å²) in [5.74, 6) is 0.309. The van der Waals surface area contributed by atoms with Crippen molar-refractivity contribution in [3.05, 3.63) is 65.7 Å². The van der Waals surface area contributed by atoms with E-state index in [4.69, 9.17) is 4.74 Å². The zero-order valence-corrected chi connectivity index (χ0v) is 16.2. The average Bonchev–Trinajstić information content (AvgIpc) is 2.77. The summed E-state index contributed by atoms with van der Waals surface area (Å²) in [6.07, 6.45) is 0.421. The van der Waals surface area contributed by atoms with Gasteiger partial charge in [0.2, 0.25) is 11.8 Å². The zero-order valence-electron chi connectivity index (χ0n) is 16.2. The fraction of sp³-hybridized carbons (Fsp3) is 0.318. The Labute approximate surface area is 169 Å². The normalized spacial score (nSPS) is 21.4. The molecule has 0 bridgehead atoms. The molecule has 29 heavy (non-hydrogen) atoms. The maximum Gasteiger partial charge on any atom is 0.253 e. The molecule has 1 N–H and O–H groups in total. The molecule has 2 heterocycles. The van der Waals surface area contributed by atoms with E-state index in [2.05, 4.69) is 5.32 Å². The topological polar surface area (TPSA) is 79.0 Å². The van der Waals surface area contributed by atoms with E-state index < -0.39 is 12.1 Å². The van der Waals surface area contributed by atoms with Gasteiger partial charge in [0.05, 0.1) is 13.7 Å². The predicted molar refractivity (Wildman–Crippen MR) is 106 cm³/mol. The Morgan fingerprint density at radius 1 is 1.07 bits per heavy atom. The molecule has 2 fully saturated rings. The first-order chi connectivity index (χ1) is 14.1. The van der Waals surface area contributed by atoms with Crippen molar-refractivity contribution < 1.29 is 19.1 Å². The summed E-state index contributed by atoms with van der Waals surface area (Å²) in [5.41, 5.74) is 1.53. The van der Waals surface area contributed by atoms with Crippen LogP contribution in [0.15, 0.2) is 54.6 Å². The molecule has 2 aliphatic rings. The second-order valence-electron chi connectivity index (χ2n) is 7.28. The van der Waals surface area contributed by atoms with Crippen LogP contribution in [0, 0.1) is 0 Å². The standard InChI is InChI=1S/C22H23N3O4/c1-29-17-9-7-15(8-10-17)13-18-22(28)25-12-11-24(14-19(25)20(26)23-18)21(27)16-5-3-2-4-6-16/h2-10,18-19H,11-14H2,1H3,(H,23,26). The Morgan fingerprint density at radius 2 is 1.79 bits per heavy atom. The summed E-state index contributed by atoms with van der Waals surface area (Å²) < 4.78 is 5.15. The molecule has 2 aromatic carbocycles. The second kappa shape index (κ2) is 7.95. The summed E-state index contributed by atoms with van der Waals surface area (Å²) >= 11 is 0. The molecular weight excluding hydrogens is 370 g/mol. The molecule has 0 aliphatic carbocycles. The molecule has 3 amide bonds. The first-order valence-corrected chi connectivity index (χ1v) is 9.65. The number of methoxy groups -OCH3 is 1. The lowest BCUT2D eigenvalue weighted by Gasteiger charge is -2.45. The van der Waals surface area contributed by atoms with Crippen LogP contribution in [0.1, 0.15) is 15.9 Å². The second-order valence-corrected chi connectivity index (χ2v) is 7.28. The highest BCUT2D eigenvalue weighted by molar-refractivity contribution is 5.99. The lowest BCUT2D eigenvalue weighted by molar-refractivity contribution is -0.152. The minimum absolute atomic E-state index is 0.0998. The Balaban J connectivity index is 1.44. The van der Waals surface area contributed by atoms with E-state index in [-0.39, 0.29) is 24.3 Å². The van der Waals surface area contributed by atoms with Crippen LogP contribution in [0.3, 0.4) is 0 Å². The number of hydrogen-bond acceptors (Lipinski definition) is 4. The van der Waals surface area contributed by atoms with Gasteiger partial charge in [0.15, 0.2) is 0 Å². The lowest BCUT2D eigenvalue weighted by Crippen LogP contribution is -2.70. The third-order valence-electron chi connectivity index (χ3n) is 5.49. The number of nitrogens with zero attached hydrogens (tertiary/aromatic N) is 2. The molecule has 0 radical (unpaired) electrons. The van der Waals surface area contributed by atoms with Crippen molar-refractivity contribution in [1.82, 2.24) is 15.1 Å². The third kappa shape index (κ3) is 3.81. The van der Waals surface area contributed by atoms with Crippen molar-refractivity contribution in [2.24, 2.45) is 0 Å². The highest BCUT2D eigenvalue weighted by atomic mass is 16.5. The van der Waals surface area contributed by atoms with Crippen LogP contribution < -0.4 is 10.1 Å². The number of carbonyl (C=O) groups excluding carboxylic acids is 3. The van der Waals surface area contributed by atoms with Crippen molar-refractivity contribution in [3.8, 4) is 5.75 Å². The SMILES string of the molecule is COc1ccc(CC2NC(=O)C3CN(C(=O)c4ccccc4)CCN3C2=O)cc1. The highest BCUT2D eigenvalue weighted by Crippen LogP contribution is 2.20. The molecule has 2 saturated heterocycles. The van der Waals surface area contributed by atoms with E-state index in [1.54, 1.807) is 29.0 Å². The molecular formula is C22H23N3O4. The molecule has 7 nitrogen and oxygen atoms in total.